The Morgan fingerprint density at radius 3 is 2.66 bits per heavy atom. The second kappa shape index (κ2) is 11.7. The molecule has 1 fully saturated rings. The average molecular weight is 460 g/mol. The van der Waals surface area contributed by atoms with Gasteiger partial charge in [-0.1, -0.05) is 30.0 Å². The molecule has 2 heterocycles. The van der Waals surface area contributed by atoms with E-state index in [4.69, 9.17) is 9.47 Å². The lowest BCUT2D eigenvalue weighted by molar-refractivity contribution is -0.132. The predicted octanol–water partition coefficient (Wildman–Crippen LogP) is 1.84. The van der Waals surface area contributed by atoms with Crippen molar-refractivity contribution in [3.63, 3.8) is 0 Å². The number of amides is 2. The van der Waals surface area contributed by atoms with Crippen LogP contribution in [0.3, 0.4) is 0 Å². The number of nitrogens with zero attached hydrogens (tertiary/aromatic N) is 4. The van der Waals surface area contributed by atoms with E-state index in [0.717, 1.165) is 11.3 Å². The SMILES string of the molecule is C=CCn1c(SCC(=O)N2CCOCC2)nnc1[C@H](C)NC(=O)Cc1ccc(OC)cc1. The maximum absolute atomic E-state index is 12.5. The number of carbonyl (C=O) groups is 2. The quantitative estimate of drug-likeness (QED) is 0.428. The summed E-state index contributed by atoms with van der Waals surface area (Å²) in [5.41, 5.74) is 0.890. The van der Waals surface area contributed by atoms with Crippen LogP contribution in [0, 0.1) is 0 Å². The molecule has 0 spiro atoms. The van der Waals surface area contributed by atoms with Crippen molar-refractivity contribution in [2.24, 2.45) is 0 Å². The van der Waals surface area contributed by atoms with Crippen LogP contribution in [0.2, 0.25) is 0 Å². The van der Waals surface area contributed by atoms with Gasteiger partial charge in [0.2, 0.25) is 11.8 Å². The van der Waals surface area contributed by atoms with Crippen molar-refractivity contribution in [3.8, 4) is 5.75 Å². The maximum Gasteiger partial charge on any atom is 0.233 e. The first-order valence-electron chi connectivity index (χ1n) is 10.5. The van der Waals surface area contributed by atoms with Gasteiger partial charge in [-0.3, -0.25) is 9.59 Å². The second-order valence-corrected chi connectivity index (χ2v) is 8.28. The van der Waals surface area contributed by atoms with Crippen molar-refractivity contribution >= 4 is 23.6 Å². The summed E-state index contributed by atoms with van der Waals surface area (Å²) < 4.78 is 12.3. The van der Waals surface area contributed by atoms with E-state index in [2.05, 4.69) is 22.1 Å². The van der Waals surface area contributed by atoms with Gasteiger partial charge in [-0.2, -0.15) is 0 Å². The van der Waals surface area contributed by atoms with Gasteiger partial charge in [-0.15, -0.1) is 16.8 Å². The molecule has 2 aromatic rings. The van der Waals surface area contributed by atoms with Crippen molar-refractivity contribution in [2.45, 2.75) is 31.1 Å². The third-order valence-corrected chi connectivity index (χ3v) is 5.99. The zero-order valence-corrected chi connectivity index (χ0v) is 19.3. The molecule has 9 nitrogen and oxygen atoms in total. The fraction of sp³-hybridized carbons (Fsp3) is 0.455. The normalized spacial score (nSPS) is 14.6. The summed E-state index contributed by atoms with van der Waals surface area (Å²) in [6.07, 6.45) is 1.99. The molecule has 1 aliphatic rings. The predicted molar refractivity (Wildman–Crippen MR) is 122 cm³/mol. The van der Waals surface area contributed by atoms with Crippen LogP contribution in [0.1, 0.15) is 24.4 Å². The zero-order chi connectivity index (χ0) is 22.9. The Kier molecular flexibility index (Phi) is 8.69. The van der Waals surface area contributed by atoms with Crippen LogP contribution in [0.4, 0.5) is 0 Å². The molecule has 10 heteroatoms. The van der Waals surface area contributed by atoms with Gasteiger partial charge >= 0.3 is 0 Å². The monoisotopic (exact) mass is 459 g/mol. The van der Waals surface area contributed by atoms with Crippen LogP contribution in [0.5, 0.6) is 5.75 Å². The van der Waals surface area contributed by atoms with Crippen LogP contribution >= 0.6 is 11.8 Å². The van der Waals surface area contributed by atoms with E-state index < -0.39 is 0 Å². The van der Waals surface area contributed by atoms with Crippen LogP contribution in [-0.4, -0.2) is 70.6 Å². The molecule has 2 amide bonds. The topological polar surface area (TPSA) is 98.6 Å². The average Bonchev–Trinajstić information content (AvgIpc) is 3.21. The highest BCUT2D eigenvalue weighted by Gasteiger charge is 2.22. The number of thioether (sulfide) groups is 1. The van der Waals surface area contributed by atoms with Gasteiger partial charge in [-0.25, -0.2) is 0 Å². The molecule has 32 heavy (non-hydrogen) atoms. The van der Waals surface area contributed by atoms with Crippen molar-refractivity contribution in [1.29, 1.82) is 0 Å². The van der Waals surface area contributed by atoms with Crippen LogP contribution in [0.15, 0.2) is 42.1 Å². The minimum absolute atomic E-state index is 0.0499. The summed E-state index contributed by atoms with van der Waals surface area (Å²) in [5, 5.41) is 12.1. The Morgan fingerprint density at radius 2 is 2.00 bits per heavy atom. The van der Waals surface area contributed by atoms with Gasteiger partial charge in [0.25, 0.3) is 0 Å². The molecule has 1 saturated heterocycles. The lowest BCUT2D eigenvalue weighted by atomic mass is 10.1. The van der Waals surface area contributed by atoms with Crippen molar-refractivity contribution in [2.75, 3.05) is 39.2 Å². The summed E-state index contributed by atoms with van der Waals surface area (Å²) in [4.78, 5) is 26.8. The molecule has 1 aromatic heterocycles. The van der Waals surface area contributed by atoms with E-state index in [9.17, 15) is 9.59 Å². The third kappa shape index (κ3) is 6.33. The number of carbonyl (C=O) groups excluding carboxylic acids is 2. The fourth-order valence-electron chi connectivity index (χ4n) is 3.34. The van der Waals surface area contributed by atoms with Gasteiger partial charge in [-0.05, 0) is 24.6 Å². The lowest BCUT2D eigenvalue weighted by Gasteiger charge is -2.26. The summed E-state index contributed by atoms with van der Waals surface area (Å²) >= 11 is 1.34. The molecular formula is C22H29N5O4S. The molecule has 1 atom stereocenters. The number of ether oxygens (including phenoxy) is 2. The van der Waals surface area contributed by atoms with E-state index in [-0.39, 0.29) is 30.0 Å². The lowest BCUT2D eigenvalue weighted by Crippen LogP contribution is -2.41. The largest absolute Gasteiger partial charge is 0.497 e. The fourth-order valence-corrected chi connectivity index (χ4v) is 4.20. The summed E-state index contributed by atoms with van der Waals surface area (Å²) in [5.74, 6) is 1.57. The van der Waals surface area contributed by atoms with E-state index >= 15 is 0 Å². The number of morpholine rings is 1. The third-order valence-electron chi connectivity index (χ3n) is 5.03. The molecule has 3 rings (SSSR count). The summed E-state index contributed by atoms with van der Waals surface area (Å²) in [6.45, 7) is 8.52. The van der Waals surface area contributed by atoms with Gasteiger partial charge < -0.3 is 24.3 Å². The molecule has 172 valence electrons. The summed E-state index contributed by atoms with van der Waals surface area (Å²) in [7, 11) is 1.61. The Bertz CT molecular complexity index is 925. The number of allylic oxidation sites excluding steroid dienone is 1. The van der Waals surface area contributed by atoms with Crippen LogP contribution < -0.4 is 10.1 Å². The maximum atomic E-state index is 12.5. The number of benzene rings is 1. The van der Waals surface area contributed by atoms with Gasteiger partial charge in [0.15, 0.2) is 11.0 Å². The molecular weight excluding hydrogens is 430 g/mol. The number of rotatable bonds is 10. The van der Waals surface area contributed by atoms with Gasteiger partial charge in [0.1, 0.15) is 5.75 Å². The molecule has 0 unspecified atom stereocenters. The second-order valence-electron chi connectivity index (χ2n) is 7.34. The smallest absolute Gasteiger partial charge is 0.233 e. The first-order chi connectivity index (χ1) is 15.5. The van der Waals surface area contributed by atoms with E-state index in [1.54, 1.807) is 18.1 Å². The first-order valence-corrected chi connectivity index (χ1v) is 11.4. The highest BCUT2D eigenvalue weighted by atomic mass is 32.2. The molecule has 1 aromatic carbocycles. The number of hydrogen-bond acceptors (Lipinski definition) is 7. The van der Waals surface area contributed by atoms with Gasteiger partial charge in [0.05, 0.1) is 38.5 Å². The van der Waals surface area contributed by atoms with E-state index in [1.165, 1.54) is 11.8 Å². The van der Waals surface area contributed by atoms with E-state index in [0.29, 0.717) is 43.8 Å². The Balaban J connectivity index is 1.60. The van der Waals surface area contributed by atoms with Crippen molar-refractivity contribution in [1.82, 2.24) is 25.0 Å². The number of aromatic nitrogens is 3. The number of hydrogen-bond donors (Lipinski definition) is 1. The highest BCUT2D eigenvalue weighted by Crippen LogP contribution is 2.21. The Labute approximate surface area is 192 Å². The standard InChI is InChI=1S/C22H29N5O4S/c1-4-9-27-21(16(2)23-19(28)14-17-5-7-18(30-3)8-6-17)24-25-22(27)32-15-20(29)26-10-12-31-13-11-26/h4-8,16H,1,9-15H2,2-3H3,(H,23,28)/t16-/m0/s1. The Morgan fingerprint density at radius 1 is 1.28 bits per heavy atom. The minimum Gasteiger partial charge on any atom is -0.497 e. The molecule has 1 N–H and O–H groups in total. The molecule has 0 saturated carbocycles. The minimum atomic E-state index is -0.350. The Hall–Kier alpha value is -2.85. The first kappa shape index (κ1) is 23.8. The zero-order valence-electron chi connectivity index (χ0n) is 18.5. The number of nitrogens with one attached hydrogen (secondary N) is 1. The molecule has 1 aliphatic heterocycles. The van der Waals surface area contributed by atoms with Crippen molar-refractivity contribution in [3.05, 3.63) is 48.3 Å². The molecule has 0 aliphatic carbocycles. The van der Waals surface area contributed by atoms with Crippen molar-refractivity contribution < 1.29 is 19.1 Å². The van der Waals surface area contributed by atoms with Gasteiger partial charge in [0, 0.05) is 19.6 Å². The molecule has 0 bridgehead atoms. The van der Waals surface area contributed by atoms with E-state index in [1.807, 2.05) is 35.8 Å². The highest BCUT2D eigenvalue weighted by molar-refractivity contribution is 7.99. The number of methoxy groups -OCH3 is 1. The van der Waals surface area contributed by atoms with Crippen LogP contribution in [-0.2, 0) is 27.3 Å². The molecule has 0 radical (unpaired) electrons. The summed E-state index contributed by atoms with van der Waals surface area (Å²) in [6, 6.07) is 7.04. The van der Waals surface area contributed by atoms with Crippen LogP contribution in [0.25, 0.3) is 0 Å².